The van der Waals surface area contributed by atoms with Crippen molar-refractivity contribution in [3.8, 4) is 11.5 Å². The van der Waals surface area contributed by atoms with Crippen molar-refractivity contribution in [2.24, 2.45) is 0 Å². The summed E-state index contributed by atoms with van der Waals surface area (Å²) < 4.78 is 50.5. The summed E-state index contributed by atoms with van der Waals surface area (Å²) in [4.78, 5) is 0. The quantitative estimate of drug-likeness (QED) is 0.786. The largest absolute Gasteiger partial charge is 0.493 e. The fraction of sp³-hybridized carbons (Fsp3) is 0.333. The second-order valence-electron chi connectivity index (χ2n) is 6.03. The Morgan fingerprint density at radius 2 is 1.58 bits per heavy atom. The van der Waals surface area contributed by atoms with Crippen molar-refractivity contribution in [3.63, 3.8) is 0 Å². The molecule has 3 nitrogen and oxygen atoms in total. The monoisotopic (exact) mass is 339 g/mol. The number of benzene rings is 2. The lowest BCUT2D eigenvalue weighted by molar-refractivity contribution is 0.353. The zero-order chi connectivity index (χ0) is 17.9. The summed E-state index contributed by atoms with van der Waals surface area (Å²) in [7, 11) is 3.10. The second kappa shape index (κ2) is 7.03. The van der Waals surface area contributed by atoms with Crippen LogP contribution in [0.25, 0.3) is 0 Å². The second-order valence-corrected chi connectivity index (χ2v) is 6.03. The Kier molecular flexibility index (Phi) is 5.26. The highest BCUT2D eigenvalue weighted by atomic mass is 19.2. The minimum Gasteiger partial charge on any atom is -0.493 e. The molecule has 0 aromatic heterocycles. The van der Waals surface area contributed by atoms with E-state index in [0.717, 1.165) is 11.6 Å². The average molecular weight is 339 g/mol. The van der Waals surface area contributed by atoms with Crippen LogP contribution < -0.4 is 14.8 Å². The van der Waals surface area contributed by atoms with E-state index in [0.29, 0.717) is 18.0 Å². The summed E-state index contributed by atoms with van der Waals surface area (Å²) in [5, 5.41) is 2.83. The van der Waals surface area contributed by atoms with Crippen LogP contribution in [0.4, 0.5) is 18.9 Å². The highest BCUT2D eigenvalue weighted by Gasteiger charge is 2.23. The Morgan fingerprint density at radius 3 is 2.21 bits per heavy atom. The van der Waals surface area contributed by atoms with E-state index in [1.165, 1.54) is 6.07 Å². The number of rotatable bonds is 6. The molecule has 0 saturated carbocycles. The fourth-order valence-electron chi connectivity index (χ4n) is 2.34. The lowest BCUT2D eigenvalue weighted by Crippen LogP contribution is -2.28. The molecule has 0 atom stereocenters. The topological polar surface area (TPSA) is 30.5 Å². The van der Waals surface area contributed by atoms with Crippen LogP contribution in [0.5, 0.6) is 11.5 Å². The molecule has 130 valence electrons. The Morgan fingerprint density at radius 1 is 0.917 bits per heavy atom. The predicted octanol–water partition coefficient (Wildman–Crippen LogP) is 4.51. The van der Waals surface area contributed by atoms with Crippen LogP contribution in [0.15, 0.2) is 30.3 Å². The Bertz CT molecular complexity index is 732. The van der Waals surface area contributed by atoms with Crippen molar-refractivity contribution >= 4 is 5.69 Å². The van der Waals surface area contributed by atoms with Gasteiger partial charge in [0, 0.05) is 12.0 Å². The third kappa shape index (κ3) is 3.58. The summed E-state index contributed by atoms with van der Waals surface area (Å²) in [6.07, 6.45) is 0. The first-order chi connectivity index (χ1) is 11.3. The Hall–Kier alpha value is -2.37. The summed E-state index contributed by atoms with van der Waals surface area (Å²) in [6.45, 7) is 4.20. The third-order valence-corrected chi connectivity index (χ3v) is 3.92. The molecule has 2 aromatic rings. The third-order valence-electron chi connectivity index (χ3n) is 3.92. The molecule has 0 unspecified atom stereocenters. The van der Waals surface area contributed by atoms with Gasteiger partial charge in [-0.15, -0.1) is 0 Å². The van der Waals surface area contributed by atoms with E-state index in [2.05, 4.69) is 5.32 Å². The van der Waals surface area contributed by atoms with E-state index in [4.69, 9.17) is 9.47 Å². The summed E-state index contributed by atoms with van der Waals surface area (Å²) in [5.41, 5.74) is 0.426. The molecule has 6 heteroatoms. The van der Waals surface area contributed by atoms with Gasteiger partial charge in [0.1, 0.15) is 0 Å². The molecule has 0 aliphatic carbocycles. The normalized spacial score (nSPS) is 11.3. The molecule has 0 bridgehead atoms. The molecule has 0 radical (unpaired) electrons. The molecule has 24 heavy (non-hydrogen) atoms. The molecular weight excluding hydrogens is 319 g/mol. The van der Waals surface area contributed by atoms with Crippen LogP contribution in [0.1, 0.15) is 19.4 Å². The standard InChI is InChI=1S/C18H20F3NO2/c1-18(2,11-5-8-14(23-3)15(9-11)24-4)10-22-13-7-6-12(19)16(20)17(13)21/h5-9,22H,10H2,1-4H3. The highest BCUT2D eigenvalue weighted by Crippen LogP contribution is 2.33. The van der Waals surface area contributed by atoms with Gasteiger partial charge < -0.3 is 14.8 Å². The molecule has 2 aromatic carbocycles. The molecule has 0 aliphatic heterocycles. The van der Waals surface area contributed by atoms with E-state index in [-0.39, 0.29) is 5.69 Å². The number of hydrogen-bond acceptors (Lipinski definition) is 3. The van der Waals surface area contributed by atoms with Gasteiger partial charge in [-0.1, -0.05) is 19.9 Å². The lowest BCUT2D eigenvalue weighted by Gasteiger charge is -2.27. The number of hydrogen-bond donors (Lipinski definition) is 1. The number of ether oxygens (including phenoxy) is 2. The van der Waals surface area contributed by atoms with Crippen LogP contribution in [-0.4, -0.2) is 20.8 Å². The van der Waals surface area contributed by atoms with Crippen molar-refractivity contribution in [3.05, 3.63) is 53.3 Å². The highest BCUT2D eigenvalue weighted by molar-refractivity contribution is 5.48. The molecule has 0 amide bonds. The van der Waals surface area contributed by atoms with Gasteiger partial charge in [0.15, 0.2) is 29.0 Å². The van der Waals surface area contributed by atoms with Crippen molar-refractivity contribution in [1.82, 2.24) is 0 Å². The van der Waals surface area contributed by atoms with Gasteiger partial charge in [-0.2, -0.15) is 0 Å². The van der Waals surface area contributed by atoms with Gasteiger partial charge in [0.25, 0.3) is 0 Å². The molecule has 1 N–H and O–H groups in total. The number of methoxy groups -OCH3 is 2. The zero-order valence-corrected chi connectivity index (χ0v) is 14.0. The lowest BCUT2D eigenvalue weighted by atomic mass is 9.84. The van der Waals surface area contributed by atoms with E-state index in [9.17, 15) is 13.2 Å². The maximum atomic E-state index is 13.7. The Balaban J connectivity index is 2.21. The smallest absolute Gasteiger partial charge is 0.196 e. The molecule has 0 heterocycles. The van der Waals surface area contributed by atoms with Gasteiger partial charge >= 0.3 is 0 Å². The molecule has 2 rings (SSSR count). The van der Waals surface area contributed by atoms with Crippen LogP contribution in [0.2, 0.25) is 0 Å². The summed E-state index contributed by atoms with van der Waals surface area (Å²) >= 11 is 0. The SMILES string of the molecule is COc1ccc(C(C)(C)CNc2ccc(F)c(F)c2F)cc1OC. The van der Waals surface area contributed by atoms with Crippen molar-refractivity contribution in [2.75, 3.05) is 26.1 Å². The van der Waals surface area contributed by atoms with Crippen molar-refractivity contribution in [2.45, 2.75) is 19.3 Å². The van der Waals surface area contributed by atoms with Gasteiger partial charge in [-0.05, 0) is 29.8 Å². The van der Waals surface area contributed by atoms with Crippen LogP contribution >= 0.6 is 0 Å². The Labute approximate surface area is 139 Å². The van der Waals surface area contributed by atoms with E-state index < -0.39 is 22.9 Å². The molecule has 0 fully saturated rings. The average Bonchev–Trinajstić information content (AvgIpc) is 2.58. The van der Waals surface area contributed by atoms with Crippen LogP contribution in [-0.2, 0) is 5.41 Å². The van der Waals surface area contributed by atoms with Gasteiger partial charge in [0.2, 0.25) is 0 Å². The molecule has 0 aliphatic rings. The van der Waals surface area contributed by atoms with Crippen molar-refractivity contribution in [1.29, 1.82) is 0 Å². The first-order valence-electron chi connectivity index (χ1n) is 7.40. The molecule has 0 saturated heterocycles. The zero-order valence-electron chi connectivity index (χ0n) is 14.0. The maximum absolute atomic E-state index is 13.7. The van der Waals surface area contributed by atoms with Crippen LogP contribution in [0, 0.1) is 17.5 Å². The van der Waals surface area contributed by atoms with E-state index in [1.54, 1.807) is 20.3 Å². The van der Waals surface area contributed by atoms with E-state index >= 15 is 0 Å². The first-order valence-corrected chi connectivity index (χ1v) is 7.40. The number of nitrogens with one attached hydrogen (secondary N) is 1. The van der Waals surface area contributed by atoms with Crippen LogP contribution in [0.3, 0.4) is 0 Å². The fourth-order valence-corrected chi connectivity index (χ4v) is 2.34. The van der Waals surface area contributed by atoms with Gasteiger partial charge in [-0.3, -0.25) is 0 Å². The number of anilines is 1. The summed E-state index contributed by atoms with van der Waals surface area (Å²) in [5.74, 6) is -2.72. The van der Waals surface area contributed by atoms with Gasteiger partial charge in [0.05, 0.1) is 19.9 Å². The van der Waals surface area contributed by atoms with Crippen molar-refractivity contribution < 1.29 is 22.6 Å². The van der Waals surface area contributed by atoms with Gasteiger partial charge in [-0.25, -0.2) is 13.2 Å². The molecule has 0 spiro atoms. The maximum Gasteiger partial charge on any atom is 0.196 e. The minimum atomic E-state index is -1.48. The predicted molar refractivity (Wildman–Crippen MR) is 87.4 cm³/mol. The molecular formula is C18H20F3NO2. The summed E-state index contributed by atoms with van der Waals surface area (Å²) in [6, 6.07) is 7.57. The number of halogens is 3. The minimum absolute atomic E-state index is 0.0811. The van der Waals surface area contributed by atoms with E-state index in [1.807, 2.05) is 26.0 Å². The first kappa shape index (κ1) is 18.0.